The third kappa shape index (κ3) is 4.29. The Morgan fingerprint density at radius 2 is 1.95 bits per heavy atom. The molecular formula is C14H17NO5S. The van der Waals surface area contributed by atoms with Gasteiger partial charge >= 0.3 is 5.97 Å². The van der Waals surface area contributed by atoms with Crippen molar-refractivity contribution in [3.63, 3.8) is 0 Å². The highest BCUT2D eigenvalue weighted by Gasteiger charge is 2.34. The van der Waals surface area contributed by atoms with Gasteiger partial charge in [0.05, 0.1) is 29.9 Å². The molecule has 0 saturated carbocycles. The minimum Gasteiger partial charge on any atom is -0.481 e. The molecule has 1 aliphatic heterocycles. The second-order valence-electron chi connectivity index (χ2n) is 5.17. The van der Waals surface area contributed by atoms with Crippen molar-refractivity contribution in [2.45, 2.75) is 18.9 Å². The Kier molecular flexibility index (Phi) is 4.62. The molecule has 114 valence electrons. The number of carboxylic acids is 1. The number of sulfone groups is 1. The largest absolute Gasteiger partial charge is 0.481 e. The number of aliphatic carboxylic acids is 1. The summed E-state index contributed by atoms with van der Waals surface area (Å²) in [5.41, 5.74) is 0.689. The monoisotopic (exact) mass is 311 g/mol. The number of benzene rings is 1. The predicted octanol–water partition coefficient (Wildman–Crippen LogP) is 0.753. The van der Waals surface area contributed by atoms with Gasteiger partial charge in [0.25, 0.3) is 0 Å². The van der Waals surface area contributed by atoms with E-state index < -0.39 is 33.7 Å². The summed E-state index contributed by atoms with van der Waals surface area (Å²) in [4.78, 5) is 23.1. The van der Waals surface area contributed by atoms with Gasteiger partial charge in [-0.25, -0.2) is 8.42 Å². The molecule has 1 aromatic rings. The lowest BCUT2D eigenvalue weighted by Gasteiger charge is -2.19. The van der Waals surface area contributed by atoms with E-state index in [9.17, 15) is 18.0 Å². The Morgan fingerprint density at radius 3 is 2.48 bits per heavy atom. The van der Waals surface area contributed by atoms with Crippen LogP contribution in [0.5, 0.6) is 0 Å². The van der Waals surface area contributed by atoms with Crippen molar-refractivity contribution < 1.29 is 23.1 Å². The van der Waals surface area contributed by atoms with E-state index in [-0.39, 0.29) is 17.9 Å². The molecule has 0 spiro atoms. The van der Waals surface area contributed by atoms with Crippen LogP contribution < -0.4 is 5.32 Å². The SMILES string of the molecule is O=C(O)CC(NC(=O)C1CCS(=O)(=O)C1)c1ccccc1. The van der Waals surface area contributed by atoms with Gasteiger partial charge < -0.3 is 10.4 Å². The molecule has 7 heteroatoms. The second kappa shape index (κ2) is 6.26. The van der Waals surface area contributed by atoms with E-state index in [2.05, 4.69) is 5.32 Å². The molecule has 1 fully saturated rings. The summed E-state index contributed by atoms with van der Waals surface area (Å²) in [6, 6.07) is 8.14. The number of rotatable bonds is 5. The van der Waals surface area contributed by atoms with Gasteiger partial charge in [0.1, 0.15) is 0 Å². The van der Waals surface area contributed by atoms with Crippen molar-refractivity contribution in [3.8, 4) is 0 Å². The molecule has 1 aliphatic rings. The summed E-state index contributed by atoms with van der Waals surface area (Å²) in [7, 11) is -3.14. The van der Waals surface area contributed by atoms with Gasteiger partial charge in [0.15, 0.2) is 9.84 Å². The van der Waals surface area contributed by atoms with E-state index in [0.717, 1.165) is 0 Å². The van der Waals surface area contributed by atoms with E-state index in [0.29, 0.717) is 12.0 Å². The molecule has 2 unspecified atom stereocenters. The van der Waals surface area contributed by atoms with Gasteiger partial charge in [-0.1, -0.05) is 30.3 Å². The summed E-state index contributed by atoms with van der Waals surface area (Å²) in [5, 5.41) is 11.6. The summed E-state index contributed by atoms with van der Waals surface area (Å²) in [6.07, 6.45) is 0.0535. The zero-order valence-electron chi connectivity index (χ0n) is 11.4. The van der Waals surface area contributed by atoms with Crippen LogP contribution in [-0.4, -0.2) is 36.9 Å². The second-order valence-corrected chi connectivity index (χ2v) is 7.40. The van der Waals surface area contributed by atoms with Crippen LogP contribution in [0.15, 0.2) is 30.3 Å². The number of carboxylic acid groups (broad SMARTS) is 1. The van der Waals surface area contributed by atoms with Crippen molar-refractivity contribution in [3.05, 3.63) is 35.9 Å². The lowest BCUT2D eigenvalue weighted by atomic mass is 10.0. The molecule has 2 rings (SSSR count). The highest BCUT2D eigenvalue weighted by atomic mass is 32.2. The molecule has 2 N–H and O–H groups in total. The molecular weight excluding hydrogens is 294 g/mol. The van der Waals surface area contributed by atoms with Crippen molar-refractivity contribution in [1.29, 1.82) is 0 Å². The molecule has 0 radical (unpaired) electrons. The van der Waals surface area contributed by atoms with Gasteiger partial charge in [0, 0.05) is 0 Å². The zero-order valence-corrected chi connectivity index (χ0v) is 12.2. The molecule has 1 aromatic carbocycles. The molecule has 0 bridgehead atoms. The molecule has 1 saturated heterocycles. The summed E-state index contributed by atoms with van der Waals surface area (Å²) in [6.45, 7) is 0. The van der Waals surface area contributed by atoms with Crippen LogP contribution in [-0.2, 0) is 19.4 Å². The first-order chi connectivity index (χ1) is 9.87. The molecule has 6 nitrogen and oxygen atoms in total. The van der Waals surface area contributed by atoms with Crippen LogP contribution in [0, 0.1) is 5.92 Å². The average molecular weight is 311 g/mol. The first kappa shape index (κ1) is 15.5. The third-order valence-corrected chi connectivity index (χ3v) is 5.27. The maximum Gasteiger partial charge on any atom is 0.305 e. The molecule has 0 aromatic heterocycles. The number of carbonyl (C=O) groups is 2. The highest BCUT2D eigenvalue weighted by molar-refractivity contribution is 7.91. The normalized spacial score (nSPS) is 21.6. The predicted molar refractivity (Wildman–Crippen MR) is 76.3 cm³/mol. The highest BCUT2D eigenvalue weighted by Crippen LogP contribution is 2.22. The summed E-state index contributed by atoms with van der Waals surface area (Å²) < 4.78 is 22.8. The Morgan fingerprint density at radius 1 is 1.29 bits per heavy atom. The Balaban J connectivity index is 2.09. The summed E-state index contributed by atoms with van der Waals surface area (Å²) >= 11 is 0. The van der Waals surface area contributed by atoms with Crippen LogP contribution in [0.3, 0.4) is 0 Å². The van der Waals surface area contributed by atoms with Gasteiger partial charge in [-0.3, -0.25) is 9.59 Å². The molecule has 0 aliphatic carbocycles. The topological polar surface area (TPSA) is 101 Å². The van der Waals surface area contributed by atoms with Gasteiger partial charge in [-0.15, -0.1) is 0 Å². The van der Waals surface area contributed by atoms with Crippen LogP contribution >= 0.6 is 0 Å². The molecule has 1 heterocycles. The Hall–Kier alpha value is -1.89. The lowest BCUT2D eigenvalue weighted by Crippen LogP contribution is -2.35. The van der Waals surface area contributed by atoms with Crippen LogP contribution in [0.1, 0.15) is 24.4 Å². The van der Waals surface area contributed by atoms with E-state index in [4.69, 9.17) is 5.11 Å². The number of amides is 1. The van der Waals surface area contributed by atoms with Crippen LogP contribution in [0.2, 0.25) is 0 Å². The van der Waals surface area contributed by atoms with E-state index >= 15 is 0 Å². The lowest BCUT2D eigenvalue weighted by molar-refractivity contribution is -0.137. The Labute approximate surface area is 123 Å². The first-order valence-electron chi connectivity index (χ1n) is 6.65. The maximum absolute atomic E-state index is 12.1. The third-order valence-electron chi connectivity index (χ3n) is 3.50. The minimum absolute atomic E-state index is 0.0139. The van der Waals surface area contributed by atoms with E-state index in [1.807, 2.05) is 0 Å². The number of hydrogen-bond donors (Lipinski definition) is 2. The maximum atomic E-state index is 12.1. The van der Waals surface area contributed by atoms with Crippen molar-refractivity contribution >= 4 is 21.7 Å². The zero-order chi connectivity index (χ0) is 15.5. The number of hydrogen-bond acceptors (Lipinski definition) is 4. The molecule has 21 heavy (non-hydrogen) atoms. The van der Waals surface area contributed by atoms with Crippen LogP contribution in [0.25, 0.3) is 0 Å². The van der Waals surface area contributed by atoms with Gasteiger partial charge in [0.2, 0.25) is 5.91 Å². The smallest absolute Gasteiger partial charge is 0.305 e. The molecule has 1 amide bonds. The summed E-state index contributed by atoms with van der Waals surface area (Å²) in [5.74, 6) is -2.16. The minimum atomic E-state index is -3.14. The Bertz CT molecular complexity index is 626. The number of nitrogens with one attached hydrogen (secondary N) is 1. The fourth-order valence-electron chi connectivity index (χ4n) is 2.40. The van der Waals surface area contributed by atoms with E-state index in [1.54, 1.807) is 30.3 Å². The van der Waals surface area contributed by atoms with Gasteiger partial charge in [-0.05, 0) is 12.0 Å². The van der Waals surface area contributed by atoms with Gasteiger partial charge in [-0.2, -0.15) is 0 Å². The fourth-order valence-corrected chi connectivity index (χ4v) is 4.14. The van der Waals surface area contributed by atoms with Crippen molar-refractivity contribution in [1.82, 2.24) is 5.32 Å². The average Bonchev–Trinajstić information content (AvgIpc) is 2.79. The van der Waals surface area contributed by atoms with E-state index in [1.165, 1.54) is 0 Å². The standard InChI is InChI=1S/C14H17NO5S/c16-13(17)8-12(10-4-2-1-3-5-10)15-14(18)11-6-7-21(19,20)9-11/h1-5,11-12H,6-9H2,(H,15,18)(H,16,17). The van der Waals surface area contributed by atoms with Crippen LogP contribution in [0.4, 0.5) is 0 Å². The molecule has 2 atom stereocenters. The fraction of sp³-hybridized carbons (Fsp3) is 0.429. The number of carbonyl (C=O) groups excluding carboxylic acids is 1. The van der Waals surface area contributed by atoms with Crippen molar-refractivity contribution in [2.75, 3.05) is 11.5 Å². The quantitative estimate of drug-likeness (QED) is 0.836. The van der Waals surface area contributed by atoms with Crippen molar-refractivity contribution in [2.24, 2.45) is 5.92 Å². The first-order valence-corrected chi connectivity index (χ1v) is 8.47.